The molecule has 0 radical (unpaired) electrons. The fraction of sp³-hybridized carbons (Fsp3) is 0.333. The molecule has 1 aromatic heterocycles. The first-order chi connectivity index (χ1) is 7.24. The molecule has 2 nitrogen and oxygen atoms in total. The molecule has 0 unspecified atom stereocenters. The number of fused-ring (bicyclic) bond motifs is 1. The Kier molecular flexibility index (Phi) is 3.12. The van der Waals surface area contributed by atoms with Crippen LogP contribution >= 0.6 is 15.9 Å². The average Bonchev–Trinajstić information content (AvgIpc) is 2.64. The predicted octanol–water partition coefficient (Wildman–Crippen LogP) is 3.13. The summed E-state index contributed by atoms with van der Waals surface area (Å²) in [6.45, 7) is 2.86. The fourth-order valence-electron chi connectivity index (χ4n) is 1.84. The van der Waals surface area contributed by atoms with E-state index in [1.807, 2.05) is 0 Å². The Morgan fingerprint density at radius 3 is 2.93 bits per heavy atom. The summed E-state index contributed by atoms with van der Waals surface area (Å²) in [6.07, 6.45) is 4.16. The Bertz CT molecular complexity index is 474. The van der Waals surface area contributed by atoms with Crippen molar-refractivity contribution < 1.29 is 0 Å². The Hall–Kier alpha value is -0.800. The monoisotopic (exact) mass is 266 g/mol. The van der Waals surface area contributed by atoms with Crippen LogP contribution in [0.5, 0.6) is 0 Å². The first-order valence-electron chi connectivity index (χ1n) is 5.19. The van der Waals surface area contributed by atoms with Crippen molar-refractivity contribution in [2.45, 2.75) is 19.8 Å². The van der Waals surface area contributed by atoms with Crippen molar-refractivity contribution in [1.29, 1.82) is 0 Å². The van der Waals surface area contributed by atoms with E-state index in [1.165, 1.54) is 26.5 Å². The molecule has 0 aliphatic rings. The summed E-state index contributed by atoms with van der Waals surface area (Å²) in [6, 6.07) is 4.25. The number of nitrogens with one attached hydrogen (secondary N) is 1. The number of aromatic nitrogens is 1. The smallest absolute Gasteiger partial charge is 0.0468 e. The molecule has 2 rings (SSSR count). The molecule has 0 amide bonds. The van der Waals surface area contributed by atoms with Crippen molar-refractivity contribution >= 4 is 26.8 Å². The Labute approximate surface area is 98.0 Å². The lowest BCUT2D eigenvalue weighted by atomic mass is 10.1. The average molecular weight is 267 g/mol. The van der Waals surface area contributed by atoms with Gasteiger partial charge in [-0.3, -0.25) is 0 Å². The zero-order chi connectivity index (χ0) is 10.8. The fourth-order valence-corrected chi connectivity index (χ4v) is 2.44. The second-order valence-electron chi connectivity index (χ2n) is 3.83. The maximum atomic E-state index is 5.54. The number of H-pyrrole nitrogens is 1. The van der Waals surface area contributed by atoms with Gasteiger partial charge in [-0.05, 0) is 59.4 Å². The standard InChI is InChI=1S/C12H15BrN2/c1-8-4-5-10-11(12(8)13)9(7-15-10)3-2-6-14/h4-5,7,15H,2-3,6,14H2,1H3. The third-order valence-electron chi connectivity index (χ3n) is 2.71. The molecule has 80 valence electrons. The molecule has 1 aromatic carbocycles. The normalized spacial score (nSPS) is 11.1. The number of hydrogen-bond acceptors (Lipinski definition) is 1. The minimum Gasteiger partial charge on any atom is -0.361 e. The zero-order valence-corrected chi connectivity index (χ0v) is 10.4. The summed E-state index contributed by atoms with van der Waals surface area (Å²) in [5.74, 6) is 0. The van der Waals surface area contributed by atoms with E-state index in [1.54, 1.807) is 0 Å². The van der Waals surface area contributed by atoms with Crippen molar-refractivity contribution in [1.82, 2.24) is 4.98 Å². The minimum atomic E-state index is 0.746. The predicted molar refractivity (Wildman–Crippen MR) is 68.1 cm³/mol. The van der Waals surface area contributed by atoms with E-state index in [9.17, 15) is 0 Å². The molecule has 0 bridgehead atoms. The van der Waals surface area contributed by atoms with Gasteiger partial charge in [0.15, 0.2) is 0 Å². The molecule has 15 heavy (non-hydrogen) atoms. The van der Waals surface area contributed by atoms with Gasteiger partial charge in [-0.2, -0.15) is 0 Å². The summed E-state index contributed by atoms with van der Waals surface area (Å²) in [4.78, 5) is 3.29. The van der Waals surface area contributed by atoms with Gasteiger partial charge in [-0.1, -0.05) is 6.07 Å². The summed E-state index contributed by atoms with van der Waals surface area (Å²) >= 11 is 3.65. The van der Waals surface area contributed by atoms with Gasteiger partial charge in [0, 0.05) is 21.6 Å². The Morgan fingerprint density at radius 1 is 1.40 bits per heavy atom. The summed E-state index contributed by atoms with van der Waals surface area (Å²) < 4.78 is 1.20. The molecule has 2 aromatic rings. The lowest BCUT2D eigenvalue weighted by molar-refractivity contribution is 0.836. The van der Waals surface area contributed by atoms with Crippen LogP contribution in [0.1, 0.15) is 17.5 Å². The van der Waals surface area contributed by atoms with Gasteiger partial charge in [0.05, 0.1) is 0 Å². The van der Waals surface area contributed by atoms with Gasteiger partial charge in [-0.25, -0.2) is 0 Å². The van der Waals surface area contributed by atoms with E-state index < -0.39 is 0 Å². The number of rotatable bonds is 3. The number of halogens is 1. The zero-order valence-electron chi connectivity index (χ0n) is 8.81. The van der Waals surface area contributed by atoms with Crippen LogP contribution in [0.3, 0.4) is 0 Å². The Balaban J connectivity index is 2.51. The highest BCUT2D eigenvalue weighted by molar-refractivity contribution is 9.10. The van der Waals surface area contributed by atoms with Crippen molar-refractivity contribution in [2.75, 3.05) is 6.54 Å². The van der Waals surface area contributed by atoms with Crippen LogP contribution in [-0.4, -0.2) is 11.5 Å². The van der Waals surface area contributed by atoms with E-state index in [0.717, 1.165) is 19.4 Å². The minimum absolute atomic E-state index is 0.746. The third kappa shape index (κ3) is 1.94. The molecule has 1 heterocycles. The highest BCUT2D eigenvalue weighted by Gasteiger charge is 2.08. The van der Waals surface area contributed by atoms with Gasteiger partial charge in [0.25, 0.3) is 0 Å². The third-order valence-corrected chi connectivity index (χ3v) is 3.73. The summed E-state index contributed by atoms with van der Waals surface area (Å²) in [5.41, 5.74) is 9.36. The first kappa shape index (κ1) is 10.7. The van der Waals surface area contributed by atoms with Crippen LogP contribution in [0.15, 0.2) is 22.8 Å². The van der Waals surface area contributed by atoms with Crippen LogP contribution in [0, 0.1) is 6.92 Å². The van der Waals surface area contributed by atoms with Gasteiger partial charge < -0.3 is 10.7 Å². The SMILES string of the molecule is Cc1ccc2[nH]cc(CCCN)c2c1Br. The maximum Gasteiger partial charge on any atom is 0.0468 e. The number of hydrogen-bond donors (Lipinski definition) is 2. The number of nitrogens with two attached hydrogens (primary N) is 1. The number of aromatic amines is 1. The second-order valence-corrected chi connectivity index (χ2v) is 4.62. The highest BCUT2D eigenvalue weighted by Crippen LogP contribution is 2.30. The first-order valence-corrected chi connectivity index (χ1v) is 5.98. The van der Waals surface area contributed by atoms with Gasteiger partial charge in [0.2, 0.25) is 0 Å². The van der Waals surface area contributed by atoms with Crippen molar-refractivity contribution in [3.63, 3.8) is 0 Å². The summed E-state index contributed by atoms with van der Waals surface area (Å²) in [7, 11) is 0. The molecule has 0 saturated heterocycles. The van der Waals surface area contributed by atoms with Crippen LogP contribution in [0.2, 0.25) is 0 Å². The van der Waals surface area contributed by atoms with E-state index in [4.69, 9.17) is 5.73 Å². The molecule has 0 aliphatic carbocycles. The van der Waals surface area contributed by atoms with E-state index in [-0.39, 0.29) is 0 Å². The molecule has 3 N–H and O–H groups in total. The van der Waals surface area contributed by atoms with Crippen LogP contribution in [0.4, 0.5) is 0 Å². The van der Waals surface area contributed by atoms with Gasteiger partial charge in [-0.15, -0.1) is 0 Å². The number of benzene rings is 1. The number of aryl methyl sites for hydroxylation is 2. The molecule has 3 heteroatoms. The summed E-state index contributed by atoms with van der Waals surface area (Å²) in [5, 5.41) is 1.31. The van der Waals surface area contributed by atoms with E-state index in [2.05, 4.69) is 46.2 Å². The molecule has 0 fully saturated rings. The quantitative estimate of drug-likeness (QED) is 0.881. The van der Waals surface area contributed by atoms with Crippen molar-refractivity contribution in [3.05, 3.63) is 33.9 Å². The largest absolute Gasteiger partial charge is 0.361 e. The van der Waals surface area contributed by atoms with Crippen molar-refractivity contribution in [2.24, 2.45) is 5.73 Å². The molecule has 0 aliphatic heterocycles. The molecule has 0 atom stereocenters. The van der Waals surface area contributed by atoms with Gasteiger partial charge in [0.1, 0.15) is 0 Å². The van der Waals surface area contributed by atoms with Gasteiger partial charge >= 0.3 is 0 Å². The topological polar surface area (TPSA) is 41.8 Å². The lowest BCUT2D eigenvalue weighted by Gasteiger charge is -2.03. The second kappa shape index (κ2) is 4.37. The van der Waals surface area contributed by atoms with Crippen LogP contribution in [-0.2, 0) is 6.42 Å². The van der Waals surface area contributed by atoms with Crippen molar-refractivity contribution in [3.8, 4) is 0 Å². The van der Waals surface area contributed by atoms with E-state index in [0.29, 0.717) is 0 Å². The Morgan fingerprint density at radius 2 is 2.20 bits per heavy atom. The molecule has 0 spiro atoms. The van der Waals surface area contributed by atoms with Crippen LogP contribution in [0.25, 0.3) is 10.9 Å². The highest BCUT2D eigenvalue weighted by atomic mass is 79.9. The maximum absolute atomic E-state index is 5.54. The lowest BCUT2D eigenvalue weighted by Crippen LogP contribution is -1.99. The van der Waals surface area contributed by atoms with E-state index >= 15 is 0 Å². The molecular weight excluding hydrogens is 252 g/mol. The molecule has 0 saturated carbocycles. The molecular formula is C12H15BrN2. The van der Waals surface area contributed by atoms with Crippen LogP contribution < -0.4 is 5.73 Å².